The molecule has 0 saturated carbocycles. The van der Waals surface area contributed by atoms with E-state index in [1.807, 2.05) is 67.6 Å². The molecule has 1 unspecified atom stereocenters. The summed E-state index contributed by atoms with van der Waals surface area (Å²) >= 11 is 6.31. The number of hydrogen-bond donors (Lipinski definition) is 0. The highest BCUT2D eigenvalue weighted by Crippen LogP contribution is 2.50. The van der Waals surface area contributed by atoms with Crippen LogP contribution in [0.1, 0.15) is 28.3 Å². The molecule has 1 aliphatic rings. The summed E-state index contributed by atoms with van der Waals surface area (Å²) in [6, 6.07) is 19.3. The van der Waals surface area contributed by atoms with Crippen molar-refractivity contribution < 1.29 is 9.47 Å². The zero-order chi connectivity index (χ0) is 25.8. The first-order chi connectivity index (χ1) is 18.6. The first-order valence-corrected chi connectivity index (χ1v) is 12.3. The van der Waals surface area contributed by atoms with Gasteiger partial charge in [0.15, 0.2) is 11.5 Å². The van der Waals surface area contributed by atoms with Gasteiger partial charge in [0, 0.05) is 23.0 Å². The maximum Gasteiger partial charge on any atom is 0.230 e. The quantitative estimate of drug-likeness (QED) is 0.296. The molecular weight excluding hydrogens is 502 g/mol. The third kappa shape index (κ3) is 3.51. The molecule has 0 N–H and O–H groups in total. The van der Waals surface area contributed by atoms with Crippen molar-refractivity contribution in [1.29, 1.82) is 0 Å². The molecule has 0 fully saturated rings. The highest BCUT2D eigenvalue weighted by atomic mass is 35.5. The van der Waals surface area contributed by atoms with Gasteiger partial charge in [-0.25, -0.2) is 19.2 Å². The van der Waals surface area contributed by atoms with Gasteiger partial charge in [-0.2, -0.15) is 5.10 Å². The number of nitrogens with zero attached hydrogens (tertiary/aromatic N) is 7. The normalized spacial score (nSPS) is 14.1. The van der Waals surface area contributed by atoms with Crippen molar-refractivity contribution in [2.45, 2.75) is 12.8 Å². The van der Waals surface area contributed by atoms with Crippen LogP contribution in [0.5, 0.6) is 17.5 Å². The van der Waals surface area contributed by atoms with Gasteiger partial charge in [-0.15, -0.1) is 5.10 Å². The van der Waals surface area contributed by atoms with E-state index in [0.717, 1.165) is 39.4 Å². The van der Waals surface area contributed by atoms with Crippen molar-refractivity contribution in [1.82, 2.24) is 34.3 Å². The fraction of sp³-hybridized carbons (Fsp3) is 0.107. The molecule has 0 radical (unpaired) electrons. The Kier molecular flexibility index (Phi) is 5.12. The van der Waals surface area contributed by atoms with Crippen molar-refractivity contribution in [3.05, 3.63) is 107 Å². The summed E-state index contributed by atoms with van der Waals surface area (Å²) in [7, 11) is 1.65. The molecule has 38 heavy (non-hydrogen) atoms. The van der Waals surface area contributed by atoms with E-state index in [-0.39, 0.29) is 5.92 Å². The predicted octanol–water partition coefficient (Wildman–Crippen LogP) is 5.63. The van der Waals surface area contributed by atoms with Crippen LogP contribution in [0.3, 0.4) is 0 Å². The van der Waals surface area contributed by atoms with Gasteiger partial charge in [-0.1, -0.05) is 29.8 Å². The lowest BCUT2D eigenvalue weighted by atomic mass is 9.84. The summed E-state index contributed by atoms with van der Waals surface area (Å²) < 4.78 is 15.3. The van der Waals surface area contributed by atoms with E-state index in [4.69, 9.17) is 31.2 Å². The van der Waals surface area contributed by atoms with E-state index in [2.05, 4.69) is 15.1 Å². The maximum absolute atomic E-state index is 6.47. The predicted molar refractivity (Wildman–Crippen MR) is 141 cm³/mol. The van der Waals surface area contributed by atoms with E-state index in [9.17, 15) is 0 Å². The van der Waals surface area contributed by atoms with Crippen molar-refractivity contribution in [3.63, 3.8) is 0 Å². The summed E-state index contributed by atoms with van der Waals surface area (Å²) in [6.07, 6.45) is 5.07. The lowest BCUT2D eigenvalue weighted by molar-refractivity contribution is 0.402. The number of aromatic nitrogens is 7. The Balaban J connectivity index is 1.48. The number of aryl methyl sites for hydroxylation is 1. The minimum atomic E-state index is -0.269. The monoisotopic (exact) mass is 521 g/mol. The van der Waals surface area contributed by atoms with E-state index < -0.39 is 0 Å². The summed E-state index contributed by atoms with van der Waals surface area (Å²) in [5.74, 6) is 2.08. The number of fused-ring (bicyclic) bond motifs is 4. The number of ether oxygens (including phenoxy) is 2. The van der Waals surface area contributed by atoms with Gasteiger partial charge in [-0.05, 0) is 55.0 Å². The highest BCUT2D eigenvalue weighted by molar-refractivity contribution is 6.30. The molecule has 7 rings (SSSR count). The van der Waals surface area contributed by atoms with E-state index in [0.29, 0.717) is 28.3 Å². The molecule has 1 atom stereocenters. The van der Waals surface area contributed by atoms with Gasteiger partial charge >= 0.3 is 0 Å². The zero-order valence-electron chi connectivity index (χ0n) is 20.4. The number of methoxy groups -OCH3 is 1. The number of benzene rings is 2. The van der Waals surface area contributed by atoms with Crippen LogP contribution >= 0.6 is 11.6 Å². The van der Waals surface area contributed by atoms with Crippen LogP contribution in [-0.2, 0) is 0 Å². The summed E-state index contributed by atoms with van der Waals surface area (Å²) in [5, 5.41) is 10.1. The maximum atomic E-state index is 6.47. The Bertz CT molecular complexity index is 1810. The second-order valence-corrected chi connectivity index (χ2v) is 9.35. The van der Waals surface area contributed by atoms with Crippen LogP contribution in [-0.4, -0.2) is 41.5 Å². The smallest absolute Gasteiger partial charge is 0.230 e. The molecular formula is C28H20ClN7O2. The number of hydrogen-bond acceptors (Lipinski definition) is 7. The largest absolute Gasteiger partial charge is 0.497 e. The van der Waals surface area contributed by atoms with Crippen LogP contribution in [0.25, 0.3) is 22.7 Å². The highest BCUT2D eigenvalue weighted by Gasteiger charge is 2.38. The Morgan fingerprint density at radius 3 is 2.63 bits per heavy atom. The minimum absolute atomic E-state index is 0.269. The second kappa shape index (κ2) is 8.67. The van der Waals surface area contributed by atoms with Crippen molar-refractivity contribution in [3.8, 4) is 34.6 Å². The van der Waals surface area contributed by atoms with E-state index >= 15 is 0 Å². The Labute approximate surface area is 222 Å². The molecule has 9 nitrogen and oxygen atoms in total. The molecule has 2 aromatic carbocycles. The molecule has 10 heteroatoms. The van der Waals surface area contributed by atoms with E-state index in [1.165, 1.54) is 0 Å². The van der Waals surface area contributed by atoms with Crippen LogP contribution < -0.4 is 9.47 Å². The van der Waals surface area contributed by atoms with Crippen LogP contribution in [0, 0.1) is 6.92 Å². The number of halogens is 1. The average molecular weight is 522 g/mol. The fourth-order valence-corrected chi connectivity index (χ4v) is 5.09. The van der Waals surface area contributed by atoms with Crippen LogP contribution in [0.4, 0.5) is 0 Å². The molecule has 0 spiro atoms. The van der Waals surface area contributed by atoms with Gasteiger partial charge in [-0.3, -0.25) is 4.98 Å². The van der Waals surface area contributed by atoms with Crippen molar-refractivity contribution >= 4 is 17.2 Å². The zero-order valence-corrected chi connectivity index (χ0v) is 21.2. The molecule has 5 heterocycles. The standard InChI is InChI=1S/C28H20ClN7O2/c1-16-22-23(17-8-10-21(37-2)11-9-17)24-26-32-25(18-5-4-12-30-14-18)34-35(26)15-31-27(24)38-28(22)36(33-16)20-7-3-6-19(29)13-20/h3-15,23H,1-2H3. The topological polar surface area (TPSA) is 92.2 Å². The van der Waals surface area contributed by atoms with Crippen molar-refractivity contribution in [2.24, 2.45) is 0 Å². The third-order valence-corrected chi connectivity index (χ3v) is 6.88. The SMILES string of the molecule is COc1ccc(C2c3c(C)nn(-c4cccc(Cl)c4)c3Oc3ncn4nc(-c5cccnc5)nc4c32)cc1. The molecule has 0 amide bonds. The van der Waals surface area contributed by atoms with Gasteiger partial charge in [0.05, 0.1) is 35.5 Å². The molecule has 0 aliphatic carbocycles. The number of rotatable bonds is 4. The molecule has 0 saturated heterocycles. The van der Waals surface area contributed by atoms with Gasteiger partial charge in [0.1, 0.15) is 12.1 Å². The first kappa shape index (κ1) is 22.4. The molecule has 0 bridgehead atoms. The minimum Gasteiger partial charge on any atom is -0.497 e. The average Bonchev–Trinajstić information content (AvgIpc) is 3.54. The third-order valence-electron chi connectivity index (χ3n) is 6.64. The van der Waals surface area contributed by atoms with Gasteiger partial charge < -0.3 is 9.47 Å². The molecule has 186 valence electrons. The number of pyridine rings is 1. The van der Waals surface area contributed by atoms with E-state index in [1.54, 1.807) is 35.0 Å². The Morgan fingerprint density at radius 1 is 1.00 bits per heavy atom. The summed E-state index contributed by atoms with van der Waals surface area (Å²) in [6.45, 7) is 1.98. The van der Waals surface area contributed by atoms with Gasteiger partial charge in [0.25, 0.3) is 0 Å². The fourth-order valence-electron chi connectivity index (χ4n) is 4.91. The Hall–Kier alpha value is -4.76. The Morgan fingerprint density at radius 2 is 1.87 bits per heavy atom. The lowest BCUT2D eigenvalue weighted by Gasteiger charge is -2.26. The molecule has 4 aromatic heterocycles. The molecule has 6 aromatic rings. The van der Waals surface area contributed by atoms with Crippen molar-refractivity contribution in [2.75, 3.05) is 7.11 Å². The first-order valence-electron chi connectivity index (χ1n) is 11.9. The lowest BCUT2D eigenvalue weighted by Crippen LogP contribution is -2.16. The van der Waals surface area contributed by atoms with Gasteiger partial charge in [0.2, 0.25) is 11.8 Å². The summed E-state index contributed by atoms with van der Waals surface area (Å²) in [4.78, 5) is 13.8. The summed E-state index contributed by atoms with van der Waals surface area (Å²) in [5.41, 5.74) is 5.82. The molecule has 1 aliphatic heterocycles. The van der Waals surface area contributed by atoms with Crippen LogP contribution in [0.15, 0.2) is 79.4 Å². The second-order valence-electron chi connectivity index (χ2n) is 8.91. The van der Waals surface area contributed by atoms with Crippen LogP contribution in [0.2, 0.25) is 5.02 Å².